The van der Waals surface area contributed by atoms with Gasteiger partial charge in [0.1, 0.15) is 5.03 Å². The van der Waals surface area contributed by atoms with Crippen molar-refractivity contribution in [3.8, 4) is 23.6 Å². The Bertz CT molecular complexity index is 2420. The van der Waals surface area contributed by atoms with Gasteiger partial charge in [0.25, 0.3) is 24.2 Å². The molecular formula is C42H42N6O5SSi. The van der Waals surface area contributed by atoms with Gasteiger partial charge in [-0.15, -0.1) is 6.42 Å². The second-order valence-electron chi connectivity index (χ2n) is 14.6. The molecule has 55 heavy (non-hydrogen) atoms. The normalized spacial score (nSPS) is 15.5. The summed E-state index contributed by atoms with van der Waals surface area (Å²) in [7, 11) is -6.93. The lowest BCUT2D eigenvalue weighted by molar-refractivity contribution is -0.593. The number of carbonyl (C=O) groups excluding carboxylic acids is 1. The molecule has 0 aliphatic carbocycles. The van der Waals surface area contributed by atoms with Gasteiger partial charge in [-0.05, 0) is 52.2 Å². The molecule has 280 valence electrons. The monoisotopic (exact) mass is 770 g/mol. The minimum Gasteiger partial charge on any atom is -0.618 e. The lowest BCUT2D eigenvalue weighted by Crippen LogP contribution is -2.67. The Kier molecular flexibility index (Phi) is 10.4. The number of aromatic nitrogens is 4. The fourth-order valence-electron chi connectivity index (χ4n) is 7.49. The summed E-state index contributed by atoms with van der Waals surface area (Å²) >= 11 is 0. The molecule has 1 aliphatic heterocycles. The summed E-state index contributed by atoms with van der Waals surface area (Å²) < 4.78 is 37.7. The molecule has 6 aromatic rings. The number of aromatic amines is 1. The predicted octanol–water partition coefficient (Wildman–Crippen LogP) is 4.72. The van der Waals surface area contributed by atoms with E-state index in [1.165, 1.54) is 22.9 Å². The fraction of sp³-hybridized carbons (Fsp3) is 0.238. The van der Waals surface area contributed by atoms with Gasteiger partial charge in [0, 0.05) is 73.3 Å². The van der Waals surface area contributed by atoms with Crippen molar-refractivity contribution in [1.82, 2.24) is 24.2 Å². The van der Waals surface area contributed by atoms with Gasteiger partial charge in [0.15, 0.2) is 6.20 Å². The van der Waals surface area contributed by atoms with E-state index in [0.29, 0.717) is 38.9 Å². The third kappa shape index (κ3) is 7.29. The molecule has 3 aromatic heterocycles. The number of carbonyl (C=O) groups is 1. The molecule has 1 amide bonds. The van der Waals surface area contributed by atoms with Crippen molar-refractivity contribution in [2.24, 2.45) is 0 Å². The van der Waals surface area contributed by atoms with E-state index in [1.807, 2.05) is 36.4 Å². The molecular weight excluding hydrogens is 729 g/mol. The van der Waals surface area contributed by atoms with Gasteiger partial charge in [-0.2, -0.15) is 9.04 Å². The molecule has 3 aromatic carbocycles. The number of piperazine rings is 1. The number of rotatable bonds is 10. The highest BCUT2D eigenvalue weighted by Crippen LogP contribution is 2.37. The second-order valence-corrected chi connectivity index (χ2v) is 20.8. The van der Waals surface area contributed by atoms with Crippen LogP contribution in [0.5, 0.6) is 0 Å². The van der Waals surface area contributed by atoms with Crippen LogP contribution >= 0.6 is 0 Å². The average Bonchev–Trinajstić information content (AvgIpc) is 3.64. The number of benzene rings is 3. The molecule has 0 spiro atoms. The fourth-order valence-corrected chi connectivity index (χ4v) is 13.6. The molecule has 1 atom stereocenters. The molecule has 1 N–H and O–H groups in total. The van der Waals surface area contributed by atoms with Crippen LogP contribution in [-0.4, -0.2) is 79.1 Å². The molecule has 1 aliphatic rings. The van der Waals surface area contributed by atoms with E-state index >= 15 is 0 Å². The van der Waals surface area contributed by atoms with E-state index in [9.17, 15) is 18.4 Å². The van der Waals surface area contributed by atoms with Gasteiger partial charge in [0.2, 0.25) is 11.5 Å². The Morgan fingerprint density at radius 2 is 1.62 bits per heavy atom. The third-order valence-electron chi connectivity index (χ3n) is 10.2. The lowest BCUT2D eigenvalue weighted by Gasteiger charge is -2.44. The smallest absolute Gasteiger partial charge is 0.291 e. The topological polar surface area (TPSA) is 135 Å². The van der Waals surface area contributed by atoms with Crippen LogP contribution in [0.15, 0.2) is 127 Å². The first-order chi connectivity index (χ1) is 26.4. The quantitative estimate of drug-likeness (QED) is 0.0923. The maximum absolute atomic E-state index is 14.2. The van der Waals surface area contributed by atoms with Crippen LogP contribution in [0.2, 0.25) is 5.04 Å². The first-order valence-electron chi connectivity index (χ1n) is 18.1. The van der Waals surface area contributed by atoms with Crippen LogP contribution < -0.4 is 15.1 Å². The van der Waals surface area contributed by atoms with E-state index < -0.39 is 30.3 Å². The summed E-state index contributed by atoms with van der Waals surface area (Å²) in [5, 5.41) is 15.0. The Balaban J connectivity index is 1.20. The number of fused-ring (bicyclic) bond motifs is 1. The summed E-state index contributed by atoms with van der Waals surface area (Å²) in [6.45, 7) is 7.04. The molecule has 4 heterocycles. The van der Waals surface area contributed by atoms with Gasteiger partial charge < -0.3 is 19.5 Å². The van der Waals surface area contributed by atoms with Crippen molar-refractivity contribution in [3.05, 3.63) is 138 Å². The molecule has 0 radical (unpaired) electrons. The highest BCUT2D eigenvalue weighted by Gasteiger charge is 2.50. The minimum atomic E-state index is -4.00. The molecule has 1 unspecified atom stereocenters. The van der Waals surface area contributed by atoms with E-state index in [0.717, 1.165) is 10.4 Å². The van der Waals surface area contributed by atoms with Gasteiger partial charge in [0.05, 0.1) is 5.56 Å². The SMILES string of the molecule is C#Cc1ccc2[nH]c(S(=O)(=O)N3CCN(C(=O)c4ncc(-c5cccc[n+]5[O-])cn4)C(CCO[Si](c4ccccc4)(c4ccccc4)C(C)(C)C)C3)cc2c1. The summed E-state index contributed by atoms with van der Waals surface area (Å²) in [4.78, 5) is 27.6. The zero-order chi connectivity index (χ0) is 38.8. The summed E-state index contributed by atoms with van der Waals surface area (Å²) in [6, 6.07) is 31.9. The number of hydrogen-bond donors (Lipinski definition) is 1. The molecule has 1 saturated heterocycles. The summed E-state index contributed by atoms with van der Waals surface area (Å²) in [5.74, 6) is 2.11. The maximum atomic E-state index is 14.2. The van der Waals surface area contributed by atoms with Crippen molar-refractivity contribution < 1.29 is 22.4 Å². The highest BCUT2D eigenvalue weighted by atomic mass is 32.2. The van der Waals surface area contributed by atoms with E-state index in [4.69, 9.17) is 10.8 Å². The summed E-state index contributed by atoms with van der Waals surface area (Å²) in [5.41, 5.74) is 2.12. The Hall–Kier alpha value is -5.65. The van der Waals surface area contributed by atoms with Gasteiger partial charge in [-0.3, -0.25) is 4.79 Å². The molecule has 11 nitrogen and oxygen atoms in total. The van der Waals surface area contributed by atoms with E-state index in [2.05, 4.69) is 65.9 Å². The Morgan fingerprint density at radius 3 is 2.24 bits per heavy atom. The number of hydrogen-bond acceptors (Lipinski definition) is 7. The van der Waals surface area contributed by atoms with Crippen molar-refractivity contribution in [2.45, 2.75) is 43.3 Å². The zero-order valence-electron chi connectivity index (χ0n) is 30.9. The van der Waals surface area contributed by atoms with Crippen LogP contribution in [0.4, 0.5) is 0 Å². The van der Waals surface area contributed by atoms with E-state index in [-0.39, 0.29) is 42.1 Å². The van der Waals surface area contributed by atoms with Crippen LogP contribution in [0.3, 0.4) is 0 Å². The van der Waals surface area contributed by atoms with Gasteiger partial charge in [-0.1, -0.05) is 87.4 Å². The summed E-state index contributed by atoms with van der Waals surface area (Å²) in [6.07, 6.45) is 10.2. The predicted molar refractivity (Wildman–Crippen MR) is 214 cm³/mol. The van der Waals surface area contributed by atoms with Crippen molar-refractivity contribution in [2.75, 3.05) is 26.2 Å². The minimum absolute atomic E-state index is 0.0292. The first kappa shape index (κ1) is 37.7. The lowest BCUT2D eigenvalue weighted by atomic mass is 10.1. The molecule has 0 saturated carbocycles. The highest BCUT2D eigenvalue weighted by molar-refractivity contribution is 7.89. The van der Waals surface area contributed by atoms with Crippen molar-refractivity contribution in [3.63, 3.8) is 0 Å². The number of nitrogens with zero attached hydrogens (tertiary/aromatic N) is 5. The molecule has 13 heteroatoms. The Labute approximate surface area is 322 Å². The first-order valence-corrected chi connectivity index (χ1v) is 21.4. The van der Waals surface area contributed by atoms with E-state index in [1.54, 1.807) is 47.4 Å². The van der Waals surface area contributed by atoms with Crippen molar-refractivity contribution >= 4 is 45.5 Å². The largest absolute Gasteiger partial charge is 0.618 e. The maximum Gasteiger partial charge on any atom is 0.291 e. The van der Waals surface area contributed by atoms with Crippen molar-refractivity contribution in [1.29, 1.82) is 0 Å². The number of H-pyrrole nitrogens is 1. The van der Waals surface area contributed by atoms with Crippen LogP contribution in [0.25, 0.3) is 22.2 Å². The Morgan fingerprint density at radius 1 is 0.964 bits per heavy atom. The number of amides is 1. The second kappa shape index (κ2) is 15.2. The average molecular weight is 771 g/mol. The molecule has 7 rings (SSSR count). The third-order valence-corrected chi connectivity index (χ3v) is 17.1. The van der Waals surface area contributed by atoms with Gasteiger partial charge in [-0.25, -0.2) is 18.4 Å². The molecule has 1 fully saturated rings. The van der Waals surface area contributed by atoms with Crippen LogP contribution in [-0.2, 0) is 14.4 Å². The zero-order valence-corrected chi connectivity index (χ0v) is 32.7. The van der Waals surface area contributed by atoms with Gasteiger partial charge >= 0.3 is 0 Å². The number of terminal acetylenes is 1. The standard InChI is InChI=1S/C42H42N6O5SSi/c1-5-31-19-20-37-32(26-31)27-39(45-37)54(51,52)46-23-24-47(41(49)40-43-28-33(29-44-40)38-18-12-13-22-48(38)50)34(30-46)21-25-53-55(42(2,3)4,35-14-8-6-9-15-35)36-16-10-7-11-17-36/h1,6-20,22,26-29,34,45H,21,23-25,30H2,2-4H3. The van der Waals surface area contributed by atoms with Crippen LogP contribution in [0, 0.1) is 17.6 Å². The molecule has 0 bridgehead atoms. The number of nitrogens with one attached hydrogen (secondary N) is 1. The van der Waals surface area contributed by atoms with Crippen LogP contribution in [0.1, 0.15) is 43.4 Å². The number of pyridine rings is 1. The number of sulfonamides is 1.